The molecule has 0 radical (unpaired) electrons. The lowest BCUT2D eigenvalue weighted by Crippen LogP contribution is -2.14. The number of hydrogen-bond acceptors (Lipinski definition) is 5. The first-order valence-corrected chi connectivity index (χ1v) is 6.44. The molecule has 7 heteroatoms. The van der Waals surface area contributed by atoms with Gasteiger partial charge in [0.1, 0.15) is 23.8 Å². The van der Waals surface area contributed by atoms with E-state index >= 15 is 0 Å². The largest absolute Gasteiger partial charge is 0.340 e. The lowest BCUT2D eigenvalue weighted by Gasteiger charge is -2.16. The SMILES string of the molecule is CC(C)c1c(NN)ncnc1Nc1ccc(F)c(Cl)c1. The van der Waals surface area contributed by atoms with Crippen molar-refractivity contribution in [3.8, 4) is 0 Å². The molecule has 0 atom stereocenters. The zero-order valence-corrected chi connectivity index (χ0v) is 11.9. The topological polar surface area (TPSA) is 75.9 Å². The van der Waals surface area contributed by atoms with Gasteiger partial charge in [-0.1, -0.05) is 25.4 Å². The summed E-state index contributed by atoms with van der Waals surface area (Å²) in [7, 11) is 0. The van der Waals surface area contributed by atoms with E-state index in [1.807, 2.05) is 13.8 Å². The second-order valence-electron chi connectivity index (χ2n) is 4.54. The number of benzene rings is 1. The van der Waals surface area contributed by atoms with E-state index < -0.39 is 5.82 Å². The van der Waals surface area contributed by atoms with E-state index in [1.165, 1.54) is 18.5 Å². The van der Waals surface area contributed by atoms with E-state index in [4.69, 9.17) is 17.4 Å². The van der Waals surface area contributed by atoms with Crippen LogP contribution in [0.5, 0.6) is 0 Å². The van der Waals surface area contributed by atoms with E-state index in [-0.39, 0.29) is 10.9 Å². The average Bonchev–Trinajstić information content (AvgIpc) is 2.42. The van der Waals surface area contributed by atoms with Gasteiger partial charge in [0.25, 0.3) is 0 Å². The number of halogens is 2. The lowest BCUT2D eigenvalue weighted by atomic mass is 10.0. The van der Waals surface area contributed by atoms with Crippen LogP contribution in [-0.4, -0.2) is 9.97 Å². The zero-order chi connectivity index (χ0) is 14.7. The number of nitrogens with two attached hydrogens (primary N) is 1. The van der Waals surface area contributed by atoms with Crippen molar-refractivity contribution in [1.82, 2.24) is 9.97 Å². The maximum absolute atomic E-state index is 13.2. The molecule has 0 aliphatic heterocycles. The molecule has 0 spiro atoms. The van der Waals surface area contributed by atoms with Crippen LogP contribution in [0.1, 0.15) is 25.3 Å². The molecule has 0 aliphatic carbocycles. The molecule has 0 unspecified atom stereocenters. The third-order valence-corrected chi connectivity index (χ3v) is 3.07. The van der Waals surface area contributed by atoms with Gasteiger partial charge in [-0.05, 0) is 24.1 Å². The van der Waals surface area contributed by atoms with E-state index in [0.29, 0.717) is 17.3 Å². The predicted molar refractivity (Wildman–Crippen MR) is 78.6 cm³/mol. The van der Waals surface area contributed by atoms with Gasteiger partial charge >= 0.3 is 0 Å². The summed E-state index contributed by atoms with van der Waals surface area (Å²) in [6, 6.07) is 4.38. The minimum absolute atomic E-state index is 0.0485. The number of nitrogens with zero attached hydrogens (tertiary/aromatic N) is 2. The zero-order valence-electron chi connectivity index (χ0n) is 11.1. The van der Waals surface area contributed by atoms with Gasteiger partial charge < -0.3 is 10.7 Å². The molecule has 1 aromatic heterocycles. The van der Waals surface area contributed by atoms with Crippen molar-refractivity contribution < 1.29 is 4.39 Å². The van der Waals surface area contributed by atoms with Crippen molar-refractivity contribution in [2.24, 2.45) is 5.84 Å². The number of hydrazine groups is 1. The van der Waals surface area contributed by atoms with Crippen LogP contribution in [-0.2, 0) is 0 Å². The van der Waals surface area contributed by atoms with Crippen molar-refractivity contribution in [2.45, 2.75) is 19.8 Å². The highest BCUT2D eigenvalue weighted by Crippen LogP contribution is 2.30. The third kappa shape index (κ3) is 2.97. The molecule has 1 aromatic carbocycles. The molecular weight excluding hydrogens is 281 g/mol. The first kappa shape index (κ1) is 14.5. The highest BCUT2D eigenvalue weighted by molar-refractivity contribution is 6.31. The Labute approximate surface area is 121 Å². The van der Waals surface area contributed by atoms with Gasteiger partial charge in [-0.25, -0.2) is 20.2 Å². The molecule has 1 heterocycles. The van der Waals surface area contributed by atoms with Gasteiger partial charge in [-0.15, -0.1) is 0 Å². The summed E-state index contributed by atoms with van der Waals surface area (Å²) in [5, 5.41) is 3.15. The van der Waals surface area contributed by atoms with E-state index in [9.17, 15) is 4.39 Å². The minimum atomic E-state index is -0.465. The second kappa shape index (κ2) is 6.02. The monoisotopic (exact) mass is 295 g/mol. The normalized spacial score (nSPS) is 10.7. The maximum Gasteiger partial charge on any atom is 0.148 e. The average molecular weight is 296 g/mol. The summed E-state index contributed by atoms with van der Waals surface area (Å²) in [5.74, 6) is 6.29. The first-order chi connectivity index (χ1) is 9.52. The van der Waals surface area contributed by atoms with Crippen LogP contribution in [0.3, 0.4) is 0 Å². The molecule has 0 bridgehead atoms. The van der Waals surface area contributed by atoms with Crippen molar-refractivity contribution >= 4 is 28.9 Å². The van der Waals surface area contributed by atoms with Gasteiger partial charge in [0.2, 0.25) is 0 Å². The smallest absolute Gasteiger partial charge is 0.148 e. The highest BCUT2D eigenvalue weighted by Gasteiger charge is 2.14. The Morgan fingerprint density at radius 2 is 1.95 bits per heavy atom. The standard InChI is InChI=1S/C13H15ClFN5/c1-7(2)11-12(17-6-18-13(11)20-16)19-8-3-4-10(15)9(14)5-8/h3-7H,16H2,1-2H3,(H2,17,18,19,20). The summed E-state index contributed by atoms with van der Waals surface area (Å²) in [4.78, 5) is 8.28. The van der Waals surface area contributed by atoms with Crippen LogP contribution in [0.15, 0.2) is 24.5 Å². The van der Waals surface area contributed by atoms with Gasteiger partial charge in [-0.3, -0.25) is 0 Å². The van der Waals surface area contributed by atoms with Crippen LogP contribution in [0.4, 0.5) is 21.7 Å². The Hall–Kier alpha value is -1.92. The molecular formula is C13H15ClFN5. The molecule has 5 nitrogen and oxygen atoms in total. The molecule has 0 amide bonds. The Kier molecular flexibility index (Phi) is 4.36. The van der Waals surface area contributed by atoms with Crippen molar-refractivity contribution in [2.75, 3.05) is 10.7 Å². The molecule has 4 N–H and O–H groups in total. The van der Waals surface area contributed by atoms with Crippen LogP contribution >= 0.6 is 11.6 Å². The van der Waals surface area contributed by atoms with E-state index in [0.717, 1.165) is 5.56 Å². The van der Waals surface area contributed by atoms with Crippen molar-refractivity contribution in [1.29, 1.82) is 0 Å². The summed E-state index contributed by atoms with van der Waals surface area (Å²) in [6.07, 6.45) is 1.40. The van der Waals surface area contributed by atoms with Gasteiger partial charge in [0.15, 0.2) is 0 Å². The van der Waals surface area contributed by atoms with Crippen molar-refractivity contribution in [3.05, 3.63) is 40.9 Å². The fraction of sp³-hybridized carbons (Fsp3) is 0.231. The van der Waals surface area contributed by atoms with Gasteiger partial charge in [-0.2, -0.15) is 0 Å². The van der Waals surface area contributed by atoms with Crippen molar-refractivity contribution in [3.63, 3.8) is 0 Å². The highest BCUT2D eigenvalue weighted by atomic mass is 35.5. The van der Waals surface area contributed by atoms with Crippen LogP contribution in [0.2, 0.25) is 5.02 Å². The number of nitrogen functional groups attached to an aromatic ring is 1. The molecule has 0 saturated heterocycles. The number of rotatable bonds is 4. The van der Waals surface area contributed by atoms with E-state index in [1.54, 1.807) is 6.07 Å². The summed E-state index contributed by atoms with van der Waals surface area (Å²) >= 11 is 5.76. The Balaban J connectivity index is 2.40. The van der Waals surface area contributed by atoms with Crippen LogP contribution in [0, 0.1) is 5.82 Å². The first-order valence-electron chi connectivity index (χ1n) is 6.06. The minimum Gasteiger partial charge on any atom is -0.340 e. The van der Waals surface area contributed by atoms with E-state index in [2.05, 4.69) is 20.7 Å². The molecule has 20 heavy (non-hydrogen) atoms. The van der Waals surface area contributed by atoms with Gasteiger partial charge in [0.05, 0.1) is 5.02 Å². The van der Waals surface area contributed by atoms with Crippen LogP contribution < -0.4 is 16.6 Å². The number of anilines is 3. The lowest BCUT2D eigenvalue weighted by molar-refractivity contribution is 0.628. The molecule has 0 saturated carbocycles. The van der Waals surface area contributed by atoms with Gasteiger partial charge in [0, 0.05) is 11.3 Å². The Morgan fingerprint density at radius 3 is 2.55 bits per heavy atom. The summed E-state index contributed by atoms with van der Waals surface area (Å²) < 4.78 is 13.2. The fourth-order valence-electron chi connectivity index (χ4n) is 1.87. The maximum atomic E-state index is 13.2. The quantitative estimate of drug-likeness (QED) is 0.595. The molecule has 2 rings (SSSR count). The fourth-order valence-corrected chi connectivity index (χ4v) is 2.05. The molecule has 0 fully saturated rings. The molecule has 2 aromatic rings. The number of hydrogen-bond donors (Lipinski definition) is 3. The van der Waals surface area contributed by atoms with Crippen LogP contribution in [0.25, 0.3) is 0 Å². The third-order valence-electron chi connectivity index (χ3n) is 2.78. The Bertz CT molecular complexity index is 618. The molecule has 106 valence electrons. The Morgan fingerprint density at radius 1 is 1.25 bits per heavy atom. The molecule has 0 aliphatic rings. The predicted octanol–water partition coefficient (Wildman–Crippen LogP) is 3.42. The second-order valence-corrected chi connectivity index (χ2v) is 4.94. The number of nitrogens with one attached hydrogen (secondary N) is 2. The summed E-state index contributed by atoms with van der Waals surface area (Å²) in [6.45, 7) is 4.00. The number of aromatic nitrogens is 2. The summed E-state index contributed by atoms with van der Waals surface area (Å²) in [5.41, 5.74) is 4.03.